The summed E-state index contributed by atoms with van der Waals surface area (Å²) in [6.07, 6.45) is 2.30. The topological polar surface area (TPSA) is 59.0 Å². The molecule has 5 nitrogen and oxygen atoms in total. The fourth-order valence-corrected chi connectivity index (χ4v) is 2.39. The van der Waals surface area contributed by atoms with Crippen LogP contribution >= 0.6 is 0 Å². The van der Waals surface area contributed by atoms with E-state index in [-0.39, 0.29) is 19.3 Å². The SMILES string of the molecule is C=CCOCC1(O)CCN(C(=O)OCc2ccccc2)CC1. The molecule has 0 saturated carbocycles. The maximum Gasteiger partial charge on any atom is 0.410 e. The number of carbonyl (C=O) groups excluding carboxylic acids is 1. The van der Waals surface area contributed by atoms with Crippen LogP contribution in [0.2, 0.25) is 0 Å². The molecule has 1 N–H and O–H groups in total. The lowest BCUT2D eigenvalue weighted by Crippen LogP contribution is -2.49. The number of hydrogen-bond acceptors (Lipinski definition) is 4. The van der Waals surface area contributed by atoms with Crippen LogP contribution < -0.4 is 0 Å². The highest BCUT2D eigenvalue weighted by atomic mass is 16.6. The molecule has 1 heterocycles. The van der Waals surface area contributed by atoms with Gasteiger partial charge in [-0.2, -0.15) is 0 Å². The molecule has 1 saturated heterocycles. The zero-order valence-electron chi connectivity index (χ0n) is 12.7. The number of benzene rings is 1. The average Bonchev–Trinajstić information content (AvgIpc) is 2.54. The molecule has 1 aromatic rings. The number of piperidine rings is 1. The van der Waals surface area contributed by atoms with Crippen molar-refractivity contribution in [1.29, 1.82) is 0 Å². The molecule has 22 heavy (non-hydrogen) atoms. The lowest BCUT2D eigenvalue weighted by Gasteiger charge is -2.37. The van der Waals surface area contributed by atoms with E-state index < -0.39 is 5.60 Å². The minimum Gasteiger partial charge on any atom is -0.445 e. The van der Waals surface area contributed by atoms with Gasteiger partial charge in [0.2, 0.25) is 0 Å². The Morgan fingerprint density at radius 1 is 1.32 bits per heavy atom. The van der Waals surface area contributed by atoms with Gasteiger partial charge in [0.15, 0.2) is 0 Å². The third-order valence-electron chi connectivity index (χ3n) is 3.76. The molecule has 0 bridgehead atoms. The molecule has 0 spiro atoms. The quantitative estimate of drug-likeness (QED) is 0.647. The van der Waals surface area contributed by atoms with Crippen LogP contribution in [0.25, 0.3) is 0 Å². The molecule has 5 heteroatoms. The van der Waals surface area contributed by atoms with Crippen LogP contribution in [0, 0.1) is 0 Å². The summed E-state index contributed by atoms with van der Waals surface area (Å²) < 4.78 is 10.6. The molecule has 0 radical (unpaired) electrons. The standard InChI is InChI=1S/C17H23NO4/c1-2-12-21-14-17(20)8-10-18(11-9-17)16(19)22-13-15-6-4-3-5-7-15/h2-7,20H,1,8-14H2. The Kier molecular flexibility index (Phi) is 5.98. The molecule has 1 aliphatic rings. The smallest absolute Gasteiger partial charge is 0.410 e. The van der Waals surface area contributed by atoms with E-state index in [0.717, 1.165) is 5.56 Å². The highest BCUT2D eigenvalue weighted by molar-refractivity contribution is 5.67. The number of carbonyl (C=O) groups is 1. The van der Waals surface area contributed by atoms with E-state index in [1.807, 2.05) is 30.3 Å². The number of rotatable bonds is 6. The fraction of sp³-hybridized carbons (Fsp3) is 0.471. The van der Waals surface area contributed by atoms with Crippen LogP contribution in [0.1, 0.15) is 18.4 Å². The summed E-state index contributed by atoms with van der Waals surface area (Å²) in [4.78, 5) is 13.7. The van der Waals surface area contributed by atoms with Crippen molar-refractivity contribution in [3.05, 3.63) is 48.6 Å². The van der Waals surface area contributed by atoms with Gasteiger partial charge >= 0.3 is 6.09 Å². The van der Waals surface area contributed by atoms with E-state index in [1.165, 1.54) is 0 Å². The Morgan fingerprint density at radius 3 is 2.64 bits per heavy atom. The van der Waals surface area contributed by atoms with E-state index in [1.54, 1.807) is 11.0 Å². The number of hydrogen-bond donors (Lipinski definition) is 1. The third-order valence-corrected chi connectivity index (χ3v) is 3.76. The third kappa shape index (κ3) is 4.86. The Morgan fingerprint density at radius 2 is 2.00 bits per heavy atom. The molecule has 2 rings (SSSR count). The number of nitrogens with zero attached hydrogens (tertiary/aromatic N) is 1. The number of amides is 1. The van der Waals surface area contributed by atoms with Crippen molar-refractivity contribution in [3.63, 3.8) is 0 Å². The summed E-state index contributed by atoms with van der Waals surface area (Å²) in [5.74, 6) is 0. The van der Waals surface area contributed by atoms with Gasteiger partial charge in [0.05, 0.1) is 18.8 Å². The molecule has 1 fully saturated rings. The second kappa shape index (κ2) is 7.96. The van der Waals surface area contributed by atoms with Gasteiger partial charge < -0.3 is 19.5 Å². The molecule has 1 aliphatic heterocycles. The fourth-order valence-electron chi connectivity index (χ4n) is 2.39. The molecule has 1 amide bonds. The van der Waals surface area contributed by atoms with Crippen molar-refractivity contribution in [2.45, 2.75) is 25.0 Å². The second-order valence-electron chi connectivity index (χ2n) is 5.56. The monoisotopic (exact) mass is 305 g/mol. The number of likely N-dealkylation sites (tertiary alicyclic amines) is 1. The van der Waals surface area contributed by atoms with Crippen molar-refractivity contribution >= 4 is 6.09 Å². The second-order valence-corrected chi connectivity index (χ2v) is 5.56. The highest BCUT2D eigenvalue weighted by Gasteiger charge is 2.34. The minimum atomic E-state index is -0.862. The lowest BCUT2D eigenvalue weighted by molar-refractivity contribution is -0.0748. The van der Waals surface area contributed by atoms with E-state index in [2.05, 4.69) is 6.58 Å². The summed E-state index contributed by atoms with van der Waals surface area (Å²) >= 11 is 0. The molecule has 120 valence electrons. The summed E-state index contributed by atoms with van der Waals surface area (Å²) in [6.45, 7) is 5.48. The molecular formula is C17H23NO4. The lowest BCUT2D eigenvalue weighted by atomic mass is 9.92. The van der Waals surface area contributed by atoms with Gasteiger partial charge in [-0.1, -0.05) is 36.4 Å². The first kappa shape index (κ1) is 16.5. The van der Waals surface area contributed by atoms with Crippen LogP contribution in [0.4, 0.5) is 4.79 Å². The average molecular weight is 305 g/mol. The first-order chi connectivity index (χ1) is 10.6. The Balaban J connectivity index is 1.73. The normalized spacial score (nSPS) is 17.0. The van der Waals surface area contributed by atoms with Crippen molar-refractivity contribution in [1.82, 2.24) is 4.90 Å². The maximum absolute atomic E-state index is 12.0. The van der Waals surface area contributed by atoms with E-state index >= 15 is 0 Å². The number of aliphatic hydroxyl groups is 1. The first-order valence-corrected chi connectivity index (χ1v) is 7.50. The van der Waals surface area contributed by atoms with E-state index in [0.29, 0.717) is 32.5 Å². The maximum atomic E-state index is 12.0. The van der Waals surface area contributed by atoms with Gasteiger partial charge in [-0.25, -0.2) is 4.79 Å². The van der Waals surface area contributed by atoms with Crippen LogP contribution in [-0.4, -0.2) is 48.0 Å². The molecule has 0 unspecified atom stereocenters. The number of ether oxygens (including phenoxy) is 2. The van der Waals surface area contributed by atoms with Gasteiger partial charge in [-0.15, -0.1) is 6.58 Å². The van der Waals surface area contributed by atoms with Crippen LogP contribution in [0.15, 0.2) is 43.0 Å². The molecular weight excluding hydrogens is 282 g/mol. The van der Waals surface area contributed by atoms with Gasteiger partial charge in [-0.05, 0) is 18.4 Å². The molecule has 0 aromatic heterocycles. The Labute approximate surface area is 131 Å². The largest absolute Gasteiger partial charge is 0.445 e. The molecule has 1 aromatic carbocycles. The van der Waals surface area contributed by atoms with Gasteiger partial charge in [0, 0.05) is 13.1 Å². The van der Waals surface area contributed by atoms with Crippen molar-refractivity contribution < 1.29 is 19.4 Å². The predicted molar refractivity (Wildman–Crippen MR) is 83.4 cm³/mol. The van der Waals surface area contributed by atoms with Gasteiger partial charge in [-0.3, -0.25) is 0 Å². The summed E-state index contributed by atoms with van der Waals surface area (Å²) in [7, 11) is 0. The zero-order chi connectivity index (χ0) is 15.8. The van der Waals surface area contributed by atoms with E-state index in [4.69, 9.17) is 9.47 Å². The van der Waals surface area contributed by atoms with Crippen molar-refractivity contribution in [3.8, 4) is 0 Å². The highest BCUT2D eigenvalue weighted by Crippen LogP contribution is 2.23. The minimum absolute atomic E-state index is 0.267. The summed E-state index contributed by atoms with van der Waals surface area (Å²) in [5, 5.41) is 10.4. The van der Waals surface area contributed by atoms with Gasteiger partial charge in [0.25, 0.3) is 0 Å². The zero-order valence-corrected chi connectivity index (χ0v) is 12.7. The van der Waals surface area contributed by atoms with Crippen molar-refractivity contribution in [2.75, 3.05) is 26.3 Å². The predicted octanol–water partition coefficient (Wildman–Crippen LogP) is 2.35. The first-order valence-electron chi connectivity index (χ1n) is 7.50. The van der Waals surface area contributed by atoms with E-state index in [9.17, 15) is 9.90 Å². The van der Waals surface area contributed by atoms with Crippen LogP contribution in [0.3, 0.4) is 0 Å². The van der Waals surface area contributed by atoms with Crippen LogP contribution in [0.5, 0.6) is 0 Å². The summed E-state index contributed by atoms with van der Waals surface area (Å²) in [6, 6.07) is 9.57. The summed E-state index contributed by atoms with van der Waals surface area (Å²) in [5.41, 5.74) is 0.0985. The Hall–Kier alpha value is -1.85. The molecule has 0 atom stereocenters. The van der Waals surface area contributed by atoms with Crippen molar-refractivity contribution in [2.24, 2.45) is 0 Å². The van der Waals surface area contributed by atoms with Crippen LogP contribution in [-0.2, 0) is 16.1 Å². The van der Waals surface area contributed by atoms with Gasteiger partial charge in [0.1, 0.15) is 6.61 Å². The Bertz CT molecular complexity index is 481. The molecule has 0 aliphatic carbocycles.